The molecule has 1 amide bonds. The van der Waals surface area contributed by atoms with E-state index in [1.165, 1.54) is 11.3 Å². The zero-order valence-electron chi connectivity index (χ0n) is 10.1. The summed E-state index contributed by atoms with van der Waals surface area (Å²) in [5, 5.41) is 13.5. The molecule has 0 saturated heterocycles. The first-order chi connectivity index (χ1) is 9.16. The molecule has 0 aliphatic carbocycles. The third kappa shape index (κ3) is 3.66. The van der Waals surface area contributed by atoms with Crippen LogP contribution in [0.15, 0.2) is 47.8 Å². The molecule has 1 unspecified atom stereocenters. The van der Waals surface area contributed by atoms with Crippen LogP contribution in [0.2, 0.25) is 0 Å². The molecular formula is C14H13NO3S. The SMILES string of the molecule is O=C(O)CC(NC(=O)c1ccccc1)c1cccs1. The van der Waals surface area contributed by atoms with Crippen LogP contribution in [0.5, 0.6) is 0 Å². The van der Waals surface area contributed by atoms with E-state index in [9.17, 15) is 9.59 Å². The molecule has 0 bridgehead atoms. The largest absolute Gasteiger partial charge is 0.481 e. The van der Waals surface area contributed by atoms with E-state index in [0.717, 1.165) is 4.88 Å². The number of carboxylic acids is 1. The third-order valence-electron chi connectivity index (χ3n) is 2.61. The number of carbonyl (C=O) groups excluding carboxylic acids is 1. The van der Waals surface area contributed by atoms with Crippen molar-refractivity contribution in [3.8, 4) is 0 Å². The Kier molecular flexibility index (Phi) is 4.30. The van der Waals surface area contributed by atoms with Crippen LogP contribution in [0, 0.1) is 0 Å². The van der Waals surface area contributed by atoms with Crippen LogP contribution < -0.4 is 5.32 Å². The van der Waals surface area contributed by atoms with Crippen LogP contribution in [0.4, 0.5) is 0 Å². The molecule has 4 nitrogen and oxygen atoms in total. The fourth-order valence-corrected chi connectivity index (χ4v) is 2.50. The van der Waals surface area contributed by atoms with Crippen molar-refractivity contribution in [2.75, 3.05) is 0 Å². The monoisotopic (exact) mass is 275 g/mol. The van der Waals surface area contributed by atoms with Crippen molar-refractivity contribution in [2.45, 2.75) is 12.5 Å². The van der Waals surface area contributed by atoms with Crippen molar-refractivity contribution in [1.82, 2.24) is 5.32 Å². The molecule has 2 rings (SSSR count). The summed E-state index contributed by atoms with van der Waals surface area (Å²) in [6.07, 6.45) is -0.126. The van der Waals surface area contributed by atoms with Crippen LogP contribution in [0.3, 0.4) is 0 Å². The van der Waals surface area contributed by atoms with Crippen LogP contribution >= 0.6 is 11.3 Å². The molecule has 1 aromatic heterocycles. The minimum Gasteiger partial charge on any atom is -0.481 e. The normalized spacial score (nSPS) is 11.8. The Morgan fingerprint density at radius 1 is 1.16 bits per heavy atom. The summed E-state index contributed by atoms with van der Waals surface area (Å²) in [6, 6.07) is 11.9. The predicted octanol–water partition coefficient (Wildman–Crippen LogP) is 2.69. The maximum Gasteiger partial charge on any atom is 0.305 e. The van der Waals surface area contributed by atoms with Crippen LogP contribution in [0.25, 0.3) is 0 Å². The van der Waals surface area contributed by atoms with E-state index in [0.29, 0.717) is 5.56 Å². The molecular weight excluding hydrogens is 262 g/mol. The number of carboxylic acid groups (broad SMARTS) is 1. The number of carbonyl (C=O) groups is 2. The third-order valence-corrected chi connectivity index (χ3v) is 3.59. The van der Waals surface area contributed by atoms with Crippen molar-refractivity contribution < 1.29 is 14.7 Å². The molecule has 98 valence electrons. The van der Waals surface area contributed by atoms with E-state index in [1.54, 1.807) is 24.3 Å². The lowest BCUT2D eigenvalue weighted by molar-refractivity contribution is -0.137. The molecule has 0 saturated carbocycles. The van der Waals surface area contributed by atoms with E-state index < -0.39 is 12.0 Å². The number of rotatable bonds is 5. The van der Waals surface area contributed by atoms with Gasteiger partial charge in [0.05, 0.1) is 12.5 Å². The van der Waals surface area contributed by atoms with Gasteiger partial charge in [-0.3, -0.25) is 9.59 Å². The van der Waals surface area contributed by atoms with Gasteiger partial charge in [0, 0.05) is 10.4 Å². The van der Waals surface area contributed by atoms with Gasteiger partial charge in [0.15, 0.2) is 0 Å². The summed E-state index contributed by atoms with van der Waals surface area (Å²) in [5.74, 6) is -1.20. The van der Waals surface area contributed by atoms with Gasteiger partial charge < -0.3 is 10.4 Å². The molecule has 1 heterocycles. The number of benzene rings is 1. The topological polar surface area (TPSA) is 66.4 Å². The first kappa shape index (κ1) is 13.3. The lowest BCUT2D eigenvalue weighted by Gasteiger charge is -2.15. The van der Waals surface area contributed by atoms with Gasteiger partial charge in [-0.15, -0.1) is 11.3 Å². The van der Waals surface area contributed by atoms with Gasteiger partial charge in [-0.25, -0.2) is 0 Å². The molecule has 2 aromatic rings. The second-order valence-corrected chi connectivity index (χ2v) is 4.98. The highest BCUT2D eigenvalue weighted by Gasteiger charge is 2.19. The Hall–Kier alpha value is -2.14. The Morgan fingerprint density at radius 3 is 2.47 bits per heavy atom. The predicted molar refractivity (Wildman–Crippen MR) is 73.2 cm³/mol. The average molecular weight is 275 g/mol. The fraction of sp³-hybridized carbons (Fsp3) is 0.143. The minimum atomic E-state index is -0.938. The Balaban J connectivity index is 2.12. The van der Waals surface area contributed by atoms with Crippen LogP contribution in [-0.2, 0) is 4.79 Å². The number of nitrogens with one attached hydrogen (secondary N) is 1. The van der Waals surface area contributed by atoms with Crippen molar-refractivity contribution in [3.63, 3.8) is 0 Å². The number of aliphatic carboxylic acids is 1. The highest BCUT2D eigenvalue weighted by Crippen LogP contribution is 2.22. The number of thiophene rings is 1. The number of hydrogen-bond donors (Lipinski definition) is 2. The summed E-state index contributed by atoms with van der Waals surface area (Å²) in [4.78, 5) is 23.7. The van der Waals surface area contributed by atoms with Gasteiger partial charge in [-0.05, 0) is 23.6 Å². The van der Waals surface area contributed by atoms with Crippen LogP contribution in [-0.4, -0.2) is 17.0 Å². The van der Waals surface area contributed by atoms with Crippen LogP contribution in [0.1, 0.15) is 27.7 Å². The Labute approximate surface area is 114 Å². The molecule has 1 aromatic carbocycles. The lowest BCUT2D eigenvalue weighted by atomic mass is 10.1. The molecule has 0 fully saturated rings. The van der Waals surface area contributed by atoms with Gasteiger partial charge in [0.2, 0.25) is 0 Å². The second-order valence-electron chi connectivity index (χ2n) is 4.01. The van der Waals surface area contributed by atoms with Gasteiger partial charge in [0.1, 0.15) is 0 Å². The Bertz CT molecular complexity index is 551. The van der Waals surface area contributed by atoms with E-state index in [1.807, 2.05) is 23.6 Å². The molecule has 19 heavy (non-hydrogen) atoms. The van der Waals surface area contributed by atoms with Gasteiger partial charge in [-0.1, -0.05) is 24.3 Å². The molecule has 0 spiro atoms. The number of amides is 1. The minimum absolute atomic E-state index is 0.126. The zero-order valence-corrected chi connectivity index (χ0v) is 10.9. The second kappa shape index (κ2) is 6.15. The van der Waals surface area contributed by atoms with Crippen molar-refractivity contribution >= 4 is 23.2 Å². The maximum absolute atomic E-state index is 12.0. The van der Waals surface area contributed by atoms with Gasteiger partial charge in [0.25, 0.3) is 5.91 Å². The first-order valence-corrected chi connectivity index (χ1v) is 6.66. The fourth-order valence-electron chi connectivity index (χ4n) is 1.72. The van der Waals surface area contributed by atoms with Crippen molar-refractivity contribution in [1.29, 1.82) is 0 Å². The standard InChI is InChI=1S/C14H13NO3S/c16-13(17)9-11(12-7-4-8-19-12)15-14(18)10-5-2-1-3-6-10/h1-8,11H,9H2,(H,15,18)(H,16,17). The highest BCUT2D eigenvalue weighted by atomic mass is 32.1. The van der Waals surface area contributed by atoms with E-state index in [2.05, 4.69) is 5.32 Å². The summed E-state index contributed by atoms with van der Waals surface area (Å²) in [7, 11) is 0. The molecule has 1 atom stereocenters. The highest BCUT2D eigenvalue weighted by molar-refractivity contribution is 7.10. The summed E-state index contributed by atoms with van der Waals surface area (Å²) < 4.78 is 0. The smallest absolute Gasteiger partial charge is 0.305 e. The quantitative estimate of drug-likeness (QED) is 0.881. The Morgan fingerprint density at radius 2 is 1.89 bits per heavy atom. The summed E-state index contributed by atoms with van der Waals surface area (Å²) in [5.41, 5.74) is 0.523. The molecule has 5 heteroatoms. The molecule has 0 aliphatic heterocycles. The summed E-state index contributed by atoms with van der Waals surface area (Å²) in [6.45, 7) is 0. The van der Waals surface area contributed by atoms with Crippen molar-refractivity contribution in [3.05, 3.63) is 58.3 Å². The lowest BCUT2D eigenvalue weighted by Crippen LogP contribution is -2.29. The average Bonchev–Trinajstić information content (AvgIpc) is 2.92. The van der Waals surface area contributed by atoms with E-state index in [4.69, 9.17) is 5.11 Å². The summed E-state index contributed by atoms with van der Waals surface area (Å²) >= 11 is 1.43. The van der Waals surface area contributed by atoms with Crippen molar-refractivity contribution in [2.24, 2.45) is 0 Å². The van der Waals surface area contributed by atoms with E-state index in [-0.39, 0.29) is 12.3 Å². The first-order valence-electron chi connectivity index (χ1n) is 5.78. The van der Waals surface area contributed by atoms with Gasteiger partial charge in [-0.2, -0.15) is 0 Å². The van der Waals surface area contributed by atoms with E-state index >= 15 is 0 Å². The molecule has 0 radical (unpaired) electrons. The molecule has 2 N–H and O–H groups in total. The number of hydrogen-bond acceptors (Lipinski definition) is 3. The zero-order chi connectivity index (χ0) is 13.7. The molecule has 0 aliphatic rings. The van der Waals surface area contributed by atoms with Gasteiger partial charge >= 0.3 is 5.97 Å². The maximum atomic E-state index is 12.0.